The lowest BCUT2D eigenvalue weighted by atomic mass is 9.80. The maximum absolute atomic E-state index is 12.5. The molecular weight excluding hydrogens is 302 g/mol. The predicted molar refractivity (Wildman–Crippen MR) is 85.6 cm³/mol. The van der Waals surface area contributed by atoms with Gasteiger partial charge in [0.2, 0.25) is 5.91 Å². The zero-order chi connectivity index (χ0) is 16.1. The van der Waals surface area contributed by atoms with Crippen molar-refractivity contribution in [3.63, 3.8) is 0 Å². The summed E-state index contributed by atoms with van der Waals surface area (Å²) in [4.78, 5) is 30.8. The van der Waals surface area contributed by atoms with Crippen LogP contribution in [0.25, 0.3) is 0 Å². The molecule has 2 heterocycles. The number of nitrogens with one attached hydrogen (secondary N) is 1. The van der Waals surface area contributed by atoms with Crippen molar-refractivity contribution in [2.45, 2.75) is 32.2 Å². The number of likely N-dealkylation sites (tertiary alicyclic amines) is 1. The fourth-order valence-corrected chi connectivity index (χ4v) is 3.62. The second-order valence-corrected chi connectivity index (χ2v) is 6.29. The summed E-state index contributed by atoms with van der Waals surface area (Å²) in [6.45, 7) is 3.74. The number of nitrogens with zero attached hydrogens (tertiary/aromatic N) is 2. The maximum Gasteiger partial charge on any atom is 0.251 e. The van der Waals surface area contributed by atoms with Crippen LogP contribution in [-0.4, -0.2) is 41.6 Å². The molecule has 0 saturated carbocycles. The number of allylic oxidation sites excluding steroid dienone is 3. The largest absolute Gasteiger partial charge is 0.357 e. The molecular formula is C16H18ClN3O2. The summed E-state index contributed by atoms with van der Waals surface area (Å²) in [7, 11) is 1.58. The predicted octanol–water partition coefficient (Wildman–Crippen LogP) is 1.90. The molecule has 1 N–H and O–H groups in total. The molecule has 22 heavy (non-hydrogen) atoms. The molecule has 1 unspecified atom stereocenters. The summed E-state index contributed by atoms with van der Waals surface area (Å²) in [5.41, 5.74) is 2.45. The summed E-state index contributed by atoms with van der Waals surface area (Å²) < 4.78 is 0. The molecule has 6 heteroatoms. The first-order chi connectivity index (χ1) is 10.4. The van der Waals surface area contributed by atoms with E-state index in [1.807, 2.05) is 12.2 Å². The minimum atomic E-state index is -1.08. The van der Waals surface area contributed by atoms with Gasteiger partial charge in [0.15, 0.2) is 5.54 Å². The lowest BCUT2D eigenvalue weighted by Crippen LogP contribution is -2.65. The third kappa shape index (κ3) is 1.96. The van der Waals surface area contributed by atoms with Crippen molar-refractivity contribution in [3.8, 4) is 0 Å². The second-order valence-electron chi connectivity index (χ2n) is 5.81. The van der Waals surface area contributed by atoms with Crippen molar-refractivity contribution < 1.29 is 9.59 Å². The topological polar surface area (TPSA) is 61.8 Å². The Hall–Kier alpha value is -1.88. The Balaban J connectivity index is 2.17. The molecule has 1 saturated heterocycles. The van der Waals surface area contributed by atoms with Gasteiger partial charge in [-0.2, -0.15) is 0 Å². The van der Waals surface area contributed by atoms with E-state index in [0.717, 1.165) is 21.9 Å². The lowest BCUT2D eigenvalue weighted by Gasteiger charge is -2.43. The zero-order valence-electron chi connectivity index (χ0n) is 12.9. The van der Waals surface area contributed by atoms with Gasteiger partial charge < -0.3 is 10.2 Å². The van der Waals surface area contributed by atoms with Gasteiger partial charge in [0.1, 0.15) is 0 Å². The van der Waals surface area contributed by atoms with E-state index >= 15 is 0 Å². The van der Waals surface area contributed by atoms with Gasteiger partial charge in [-0.1, -0.05) is 17.7 Å². The van der Waals surface area contributed by atoms with Crippen molar-refractivity contribution >= 4 is 29.1 Å². The van der Waals surface area contributed by atoms with E-state index in [4.69, 9.17) is 11.6 Å². The summed E-state index contributed by atoms with van der Waals surface area (Å²) in [6.07, 6.45) is 5.23. The molecule has 2 amide bonds. The molecule has 0 aromatic rings. The molecule has 0 bridgehead atoms. The van der Waals surface area contributed by atoms with Gasteiger partial charge >= 0.3 is 0 Å². The molecule has 0 spiro atoms. The normalized spacial score (nSPS) is 26.7. The molecule has 2 aliphatic heterocycles. The molecule has 3 rings (SSSR count). The van der Waals surface area contributed by atoms with Crippen LogP contribution in [0.4, 0.5) is 0 Å². The van der Waals surface area contributed by atoms with Crippen molar-refractivity contribution in [1.29, 1.82) is 0 Å². The van der Waals surface area contributed by atoms with Gasteiger partial charge in [0, 0.05) is 37.5 Å². The van der Waals surface area contributed by atoms with Crippen LogP contribution in [0.2, 0.25) is 0 Å². The first kappa shape index (κ1) is 15.0. The van der Waals surface area contributed by atoms with Crippen LogP contribution in [0.1, 0.15) is 26.7 Å². The number of fused-ring (bicyclic) bond motifs is 2. The Morgan fingerprint density at radius 2 is 2.18 bits per heavy atom. The van der Waals surface area contributed by atoms with Gasteiger partial charge in [-0.05, 0) is 25.0 Å². The minimum absolute atomic E-state index is 0.129. The first-order valence-corrected chi connectivity index (χ1v) is 7.67. The van der Waals surface area contributed by atoms with Gasteiger partial charge in [0.05, 0.1) is 11.4 Å². The van der Waals surface area contributed by atoms with Gasteiger partial charge in [-0.15, -0.1) is 0 Å². The molecule has 5 nitrogen and oxygen atoms in total. The quantitative estimate of drug-likeness (QED) is 0.802. The summed E-state index contributed by atoms with van der Waals surface area (Å²) in [5, 5.41) is 3.43. The number of aliphatic imine (C=N–C) groups is 1. The smallest absolute Gasteiger partial charge is 0.251 e. The first-order valence-electron chi connectivity index (χ1n) is 7.29. The molecule has 0 aromatic heterocycles. The van der Waals surface area contributed by atoms with Gasteiger partial charge in [0.25, 0.3) is 5.91 Å². The van der Waals surface area contributed by atoms with Crippen LogP contribution >= 0.6 is 11.6 Å². The molecule has 0 radical (unpaired) electrons. The van der Waals surface area contributed by atoms with Crippen LogP contribution < -0.4 is 5.32 Å². The maximum atomic E-state index is 12.5. The zero-order valence-corrected chi connectivity index (χ0v) is 13.6. The highest BCUT2D eigenvalue weighted by atomic mass is 35.5. The van der Waals surface area contributed by atoms with Crippen molar-refractivity contribution in [1.82, 2.24) is 10.2 Å². The van der Waals surface area contributed by atoms with E-state index in [1.54, 1.807) is 18.9 Å². The number of amides is 2. The Morgan fingerprint density at radius 3 is 2.82 bits per heavy atom. The molecule has 1 atom stereocenters. The average molecular weight is 320 g/mol. The van der Waals surface area contributed by atoms with Crippen LogP contribution in [0, 0.1) is 0 Å². The summed E-state index contributed by atoms with van der Waals surface area (Å²) >= 11 is 6.14. The van der Waals surface area contributed by atoms with Gasteiger partial charge in [-0.25, -0.2) is 4.99 Å². The molecule has 1 aliphatic carbocycles. The number of piperidine rings is 1. The summed E-state index contributed by atoms with van der Waals surface area (Å²) in [6, 6.07) is 0. The average Bonchev–Trinajstić information content (AvgIpc) is 2.85. The third-order valence-corrected chi connectivity index (χ3v) is 4.81. The fraction of sp³-hybridized carbons (Fsp3) is 0.438. The number of carbonyl (C=O) groups is 2. The fourth-order valence-electron chi connectivity index (χ4n) is 3.43. The summed E-state index contributed by atoms with van der Waals surface area (Å²) in [5.74, 6) is -0.358. The van der Waals surface area contributed by atoms with Crippen molar-refractivity contribution in [2.24, 2.45) is 4.99 Å². The molecule has 116 valence electrons. The van der Waals surface area contributed by atoms with E-state index in [0.29, 0.717) is 25.1 Å². The Morgan fingerprint density at radius 1 is 1.45 bits per heavy atom. The van der Waals surface area contributed by atoms with Crippen LogP contribution in [0.3, 0.4) is 0 Å². The van der Waals surface area contributed by atoms with Crippen LogP contribution in [0.5, 0.6) is 0 Å². The van der Waals surface area contributed by atoms with Crippen molar-refractivity contribution in [3.05, 3.63) is 34.0 Å². The van der Waals surface area contributed by atoms with E-state index in [9.17, 15) is 9.59 Å². The standard InChI is InChI=1S/C16H18ClN3O2/c1-9(21)20-7-6-11-12-8-10(17)4-5-13(12)19-14(11)16(20,2)15(22)18-3/h5,8H,4,6-7H2,1-3H3,(H,18,22). The molecule has 0 aromatic carbocycles. The number of carbonyl (C=O) groups excluding carboxylic acids is 2. The monoisotopic (exact) mass is 319 g/mol. The highest BCUT2D eigenvalue weighted by Crippen LogP contribution is 2.41. The number of rotatable bonds is 1. The van der Waals surface area contributed by atoms with Gasteiger partial charge in [-0.3, -0.25) is 9.59 Å². The van der Waals surface area contributed by atoms with E-state index in [1.165, 1.54) is 6.92 Å². The third-order valence-electron chi connectivity index (χ3n) is 4.55. The van der Waals surface area contributed by atoms with E-state index < -0.39 is 5.54 Å². The number of hydrogen-bond donors (Lipinski definition) is 1. The highest BCUT2D eigenvalue weighted by Gasteiger charge is 2.51. The number of likely N-dealkylation sites (N-methyl/N-ethyl adjacent to an activating group) is 1. The van der Waals surface area contributed by atoms with Crippen molar-refractivity contribution in [2.75, 3.05) is 13.6 Å². The Kier molecular flexibility index (Phi) is 3.48. The molecule has 3 aliphatic rings. The van der Waals surface area contributed by atoms with E-state index in [-0.39, 0.29) is 11.8 Å². The Bertz CT molecular complexity index is 702. The van der Waals surface area contributed by atoms with Crippen LogP contribution in [0.15, 0.2) is 39.0 Å². The minimum Gasteiger partial charge on any atom is -0.357 e. The lowest BCUT2D eigenvalue weighted by molar-refractivity contribution is -0.141. The molecule has 1 fully saturated rings. The second kappa shape index (κ2) is 5.09. The number of halogens is 1. The van der Waals surface area contributed by atoms with Crippen LogP contribution in [-0.2, 0) is 9.59 Å². The Labute approximate surface area is 134 Å². The number of hydrogen-bond acceptors (Lipinski definition) is 3. The SMILES string of the molecule is CNC(=O)C1(C)C2=NC3=CCC(Cl)=CC3=C2CCN1C(C)=O. The van der Waals surface area contributed by atoms with E-state index in [2.05, 4.69) is 10.3 Å². The highest BCUT2D eigenvalue weighted by molar-refractivity contribution is 6.30.